The number of para-hydroxylation sites is 1. The highest BCUT2D eigenvalue weighted by molar-refractivity contribution is 9.10. The Labute approximate surface area is 247 Å². The molecule has 5 rings (SSSR count). The first kappa shape index (κ1) is 27.5. The first-order valence-corrected chi connectivity index (χ1v) is 13.5. The van der Waals surface area contributed by atoms with Gasteiger partial charge in [-0.25, -0.2) is 10.2 Å². The van der Waals surface area contributed by atoms with Crippen LogP contribution < -0.4 is 14.9 Å². The van der Waals surface area contributed by atoms with Crippen molar-refractivity contribution in [3.05, 3.63) is 116 Å². The summed E-state index contributed by atoms with van der Waals surface area (Å²) < 4.78 is 11.8. The summed E-state index contributed by atoms with van der Waals surface area (Å²) in [5.41, 5.74) is 5.37. The van der Waals surface area contributed by atoms with E-state index in [0.29, 0.717) is 33.0 Å². The molecule has 0 fully saturated rings. The minimum atomic E-state index is -0.613. The van der Waals surface area contributed by atoms with Gasteiger partial charge in [0.1, 0.15) is 17.2 Å². The summed E-state index contributed by atoms with van der Waals surface area (Å²) in [7, 11) is 1.55. The molecule has 0 aliphatic rings. The Morgan fingerprint density at radius 1 is 0.900 bits per heavy atom. The van der Waals surface area contributed by atoms with E-state index in [9.17, 15) is 9.59 Å². The standard InChI is InChI=1S/C30H20BrCl2N3O4/c1-39-24-15-14-20(31)26-25(18-9-3-5-11-21(18)32)28(35-27(24)26)29(37)36-34-16-17-8-2-7-13-23(17)40-30(38)19-10-4-6-12-22(19)33/h2-16,35H,1H3,(H,36,37). The average molecular weight is 637 g/mol. The molecule has 0 aliphatic heterocycles. The molecule has 2 N–H and O–H groups in total. The van der Waals surface area contributed by atoms with Gasteiger partial charge in [-0.3, -0.25) is 4.79 Å². The van der Waals surface area contributed by atoms with Crippen LogP contribution in [-0.4, -0.2) is 30.2 Å². The van der Waals surface area contributed by atoms with E-state index >= 15 is 0 Å². The number of nitrogens with one attached hydrogen (secondary N) is 2. The molecule has 7 nitrogen and oxygen atoms in total. The van der Waals surface area contributed by atoms with Crippen LogP contribution in [0.15, 0.2) is 94.5 Å². The fourth-order valence-corrected chi connectivity index (χ4v) is 5.16. The SMILES string of the molecule is COc1ccc(Br)c2c(-c3ccccc3Cl)c(C(=O)NN=Cc3ccccc3OC(=O)c3ccccc3Cl)[nH]c12. The molecule has 10 heteroatoms. The van der Waals surface area contributed by atoms with E-state index in [1.807, 2.05) is 24.3 Å². The van der Waals surface area contributed by atoms with Gasteiger partial charge in [-0.05, 0) is 42.5 Å². The molecule has 5 aromatic rings. The van der Waals surface area contributed by atoms with Gasteiger partial charge in [0.15, 0.2) is 0 Å². The van der Waals surface area contributed by atoms with Crippen LogP contribution >= 0.6 is 39.1 Å². The van der Waals surface area contributed by atoms with Crippen molar-refractivity contribution >= 4 is 68.1 Å². The Morgan fingerprint density at radius 3 is 2.35 bits per heavy atom. The number of H-pyrrole nitrogens is 1. The molecule has 0 aliphatic carbocycles. The number of amides is 1. The van der Waals surface area contributed by atoms with E-state index in [1.54, 1.807) is 67.8 Å². The van der Waals surface area contributed by atoms with Crippen LogP contribution in [0, 0.1) is 0 Å². The molecule has 0 bridgehead atoms. The summed E-state index contributed by atoms with van der Waals surface area (Å²) in [4.78, 5) is 29.3. The Hall–Kier alpha value is -4.11. The molecule has 0 saturated carbocycles. The monoisotopic (exact) mass is 635 g/mol. The number of fused-ring (bicyclic) bond motifs is 1. The number of hydrogen-bond acceptors (Lipinski definition) is 5. The second-order valence-corrected chi connectivity index (χ2v) is 10.1. The van der Waals surface area contributed by atoms with Crippen molar-refractivity contribution in [3.63, 3.8) is 0 Å². The van der Waals surface area contributed by atoms with E-state index in [2.05, 4.69) is 31.4 Å². The number of hydrazone groups is 1. The summed E-state index contributed by atoms with van der Waals surface area (Å²) >= 11 is 16.3. The predicted octanol–water partition coefficient (Wildman–Crippen LogP) is 7.90. The molecule has 1 aromatic heterocycles. The van der Waals surface area contributed by atoms with Gasteiger partial charge < -0.3 is 14.5 Å². The Kier molecular flexibility index (Phi) is 8.21. The third-order valence-corrected chi connectivity index (χ3v) is 7.36. The summed E-state index contributed by atoms with van der Waals surface area (Å²) in [6.45, 7) is 0. The van der Waals surface area contributed by atoms with Crippen molar-refractivity contribution < 1.29 is 19.1 Å². The third-order valence-electron chi connectivity index (χ3n) is 6.04. The largest absolute Gasteiger partial charge is 0.495 e. The molecule has 1 amide bonds. The van der Waals surface area contributed by atoms with Gasteiger partial charge >= 0.3 is 5.97 Å². The lowest BCUT2D eigenvalue weighted by atomic mass is 10.0. The van der Waals surface area contributed by atoms with Crippen molar-refractivity contribution in [1.29, 1.82) is 0 Å². The van der Waals surface area contributed by atoms with Crippen LogP contribution in [0.25, 0.3) is 22.0 Å². The van der Waals surface area contributed by atoms with E-state index in [0.717, 1.165) is 9.86 Å². The van der Waals surface area contributed by atoms with Crippen LogP contribution in [0.1, 0.15) is 26.4 Å². The number of carbonyl (C=O) groups excluding carboxylic acids is 2. The second-order valence-electron chi connectivity index (χ2n) is 8.46. The quantitative estimate of drug-likeness (QED) is 0.0822. The summed E-state index contributed by atoms with van der Waals surface area (Å²) in [6.07, 6.45) is 1.39. The van der Waals surface area contributed by atoms with E-state index in [-0.39, 0.29) is 22.0 Å². The number of esters is 1. The number of aromatic amines is 1. The lowest BCUT2D eigenvalue weighted by Gasteiger charge is -2.09. The highest BCUT2D eigenvalue weighted by Gasteiger charge is 2.24. The number of carbonyl (C=O) groups is 2. The van der Waals surface area contributed by atoms with Crippen LogP contribution in [0.4, 0.5) is 0 Å². The number of methoxy groups -OCH3 is 1. The van der Waals surface area contributed by atoms with Crippen molar-refractivity contribution in [2.45, 2.75) is 0 Å². The van der Waals surface area contributed by atoms with Crippen LogP contribution in [0.2, 0.25) is 10.0 Å². The Bertz CT molecular complexity index is 1780. The van der Waals surface area contributed by atoms with Crippen molar-refractivity contribution in [2.75, 3.05) is 7.11 Å². The van der Waals surface area contributed by atoms with Crippen molar-refractivity contribution in [2.24, 2.45) is 5.10 Å². The van der Waals surface area contributed by atoms with E-state index in [4.69, 9.17) is 32.7 Å². The molecule has 40 heavy (non-hydrogen) atoms. The topological polar surface area (TPSA) is 92.8 Å². The molecule has 0 spiro atoms. The van der Waals surface area contributed by atoms with Crippen LogP contribution in [0.5, 0.6) is 11.5 Å². The van der Waals surface area contributed by atoms with Gasteiger partial charge in [0.25, 0.3) is 5.91 Å². The fourth-order valence-electron chi connectivity index (χ4n) is 4.19. The second kappa shape index (κ2) is 12.0. The lowest BCUT2D eigenvalue weighted by molar-refractivity contribution is 0.0734. The minimum absolute atomic E-state index is 0.233. The lowest BCUT2D eigenvalue weighted by Crippen LogP contribution is -2.19. The zero-order valence-electron chi connectivity index (χ0n) is 20.9. The third kappa shape index (κ3) is 5.47. The number of benzene rings is 4. The van der Waals surface area contributed by atoms with Gasteiger partial charge in [0, 0.05) is 31.6 Å². The number of nitrogens with zero attached hydrogens (tertiary/aromatic N) is 1. The molecule has 0 unspecified atom stereocenters. The number of halogens is 3. The molecular weight excluding hydrogens is 617 g/mol. The Balaban J connectivity index is 1.46. The maximum Gasteiger partial charge on any atom is 0.345 e. The highest BCUT2D eigenvalue weighted by atomic mass is 79.9. The van der Waals surface area contributed by atoms with Gasteiger partial charge in [0.05, 0.1) is 29.4 Å². The van der Waals surface area contributed by atoms with E-state index in [1.165, 1.54) is 6.21 Å². The first-order valence-electron chi connectivity index (χ1n) is 11.9. The van der Waals surface area contributed by atoms with Gasteiger partial charge in [-0.1, -0.05) is 81.6 Å². The van der Waals surface area contributed by atoms with Gasteiger partial charge in [-0.15, -0.1) is 0 Å². The zero-order chi connectivity index (χ0) is 28.2. The highest BCUT2D eigenvalue weighted by Crippen LogP contribution is 2.42. The van der Waals surface area contributed by atoms with Gasteiger partial charge in [-0.2, -0.15) is 5.10 Å². The Morgan fingerprint density at radius 2 is 1.60 bits per heavy atom. The molecule has 1 heterocycles. The first-order chi connectivity index (χ1) is 19.4. The summed E-state index contributed by atoms with van der Waals surface area (Å²) in [5.74, 6) is -0.316. The molecule has 200 valence electrons. The molecule has 0 atom stereocenters. The number of rotatable bonds is 7. The van der Waals surface area contributed by atoms with E-state index < -0.39 is 11.9 Å². The zero-order valence-corrected chi connectivity index (χ0v) is 24.0. The van der Waals surface area contributed by atoms with Crippen molar-refractivity contribution in [1.82, 2.24) is 10.4 Å². The average Bonchev–Trinajstić information content (AvgIpc) is 3.36. The molecule has 0 radical (unpaired) electrons. The fraction of sp³-hybridized carbons (Fsp3) is 0.0333. The smallest absolute Gasteiger partial charge is 0.345 e. The summed E-state index contributed by atoms with van der Waals surface area (Å²) in [6, 6.07) is 24.3. The van der Waals surface area contributed by atoms with Gasteiger partial charge in [0.2, 0.25) is 0 Å². The summed E-state index contributed by atoms with van der Waals surface area (Å²) in [5, 5.41) is 5.62. The number of hydrogen-bond donors (Lipinski definition) is 2. The van der Waals surface area contributed by atoms with Crippen molar-refractivity contribution in [3.8, 4) is 22.6 Å². The molecule has 4 aromatic carbocycles. The maximum absolute atomic E-state index is 13.5. The number of aromatic nitrogens is 1. The van der Waals surface area contributed by atoms with Crippen LogP contribution in [-0.2, 0) is 0 Å². The minimum Gasteiger partial charge on any atom is -0.495 e. The molecular formula is C30H20BrCl2N3O4. The normalized spacial score (nSPS) is 11.1. The molecule has 0 saturated heterocycles. The predicted molar refractivity (Wildman–Crippen MR) is 161 cm³/mol. The van der Waals surface area contributed by atoms with Crippen LogP contribution in [0.3, 0.4) is 0 Å². The number of ether oxygens (including phenoxy) is 2. The maximum atomic E-state index is 13.5.